The minimum Gasteiger partial charge on any atom is -0.354 e. The molecule has 0 radical (unpaired) electrons. The topological polar surface area (TPSA) is 84.2 Å². The highest BCUT2D eigenvalue weighted by Crippen LogP contribution is 2.31. The molecule has 23 heavy (non-hydrogen) atoms. The van der Waals surface area contributed by atoms with Crippen LogP contribution in [0.4, 0.5) is 0 Å². The zero-order valence-electron chi connectivity index (χ0n) is 13.4. The van der Waals surface area contributed by atoms with Crippen LogP contribution in [-0.4, -0.2) is 30.4 Å². The van der Waals surface area contributed by atoms with E-state index in [2.05, 4.69) is 10.6 Å². The molecule has 2 rings (SSSR count). The third-order valence-electron chi connectivity index (χ3n) is 4.40. The Morgan fingerprint density at radius 1 is 1.26 bits per heavy atom. The Morgan fingerprint density at radius 2 is 1.96 bits per heavy atom. The number of nitrogens with two attached hydrogens (primary N) is 1. The van der Waals surface area contributed by atoms with E-state index < -0.39 is 5.54 Å². The van der Waals surface area contributed by atoms with E-state index in [0.717, 1.165) is 25.7 Å². The van der Waals surface area contributed by atoms with Crippen LogP contribution >= 0.6 is 11.6 Å². The number of carbonyl (C=O) groups is 2. The fourth-order valence-corrected chi connectivity index (χ4v) is 3.24. The van der Waals surface area contributed by atoms with Gasteiger partial charge in [-0.3, -0.25) is 9.59 Å². The van der Waals surface area contributed by atoms with Crippen molar-refractivity contribution in [2.24, 2.45) is 11.7 Å². The van der Waals surface area contributed by atoms with Crippen molar-refractivity contribution >= 4 is 23.4 Å². The molecule has 1 aromatic carbocycles. The number of hydrogen-bond donors (Lipinski definition) is 3. The molecule has 0 aromatic heterocycles. The normalized spacial score (nSPS) is 24.0. The minimum atomic E-state index is -0.441. The highest BCUT2D eigenvalue weighted by Gasteiger charge is 2.37. The maximum atomic E-state index is 12.3. The van der Waals surface area contributed by atoms with Crippen LogP contribution in [0.1, 0.15) is 43.0 Å². The Balaban J connectivity index is 1.76. The molecule has 1 aliphatic carbocycles. The Bertz CT molecular complexity index is 575. The summed E-state index contributed by atoms with van der Waals surface area (Å²) in [6.07, 6.45) is 3.80. The first kappa shape index (κ1) is 17.8. The third kappa shape index (κ3) is 4.69. The summed E-state index contributed by atoms with van der Waals surface area (Å²) in [6.45, 7) is 2.67. The summed E-state index contributed by atoms with van der Waals surface area (Å²) in [5.74, 6) is -0.427. The van der Waals surface area contributed by atoms with Crippen LogP contribution in [0.2, 0.25) is 5.02 Å². The lowest BCUT2D eigenvalue weighted by atomic mass is 9.74. The molecule has 6 heteroatoms. The first-order valence-electron chi connectivity index (χ1n) is 8.01. The molecule has 2 amide bonds. The van der Waals surface area contributed by atoms with Gasteiger partial charge in [-0.2, -0.15) is 0 Å². The summed E-state index contributed by atoms with van der Waals surface area (Å²) < 4.78 is 0. The Labute approximate surface area is 142 Å². The third-order valence-corrected chi connectivity index (χ3v) is 4.73. The molecule has 5 nitrogen and oxygen atoms in total. The molecule has 0 saturated heterocycles. The van der Waals surface area contributed by atoms with Crippen molar-refractivity contribution in [3.05, 3.63) is 34.9 Å². The van der Waals surface area contributed by atoms with E-state index in [4.69, 9.17) is 17.3 Å². The molecular weight excluding hydrogens is 314 g/mol. The zero-order chi connectivity index (χ0) is 16.9. The van der Waals surface area contributed by atoms with Crippen LogP contribution in [0.15, 0.2) is 24.3 Å². The van der Waals surface area contributed by atoms with E-state index in [-0.39, 0.29) is 17.7 Å². The first-order chi connectivity index (χ1) is 10.9. The number of benzene rings is 1. The number of rotatable bonds is 5. The average Bonchev–Trinajstić information content (AvgIpc) is 2.51. The fourth-order valence-electron chi connectivity index (χ4n) is 3.01. The van der Waals surface area contributed by atoms with Crippen LogP contribution in [0.5, 0.6) is 0 Å². The molecule has 1 fully saturated rings. The summed E-state index contributed by atoms with van der Waals surface area (Å²) >= 11 is 5.97. The minimum absolute atomic E-state index is 0.0262. The predicted octanol–water partition coefficient (Wildman–Crippen LogP) is 2.09. The molecule has 2 atom stereocenters. The molecular formula is C17H24ClN3O2. The zero-order valence-corrected chi connectivity index (χ0v) is 14.2. The highest BCUT2D eigenvalue weighted by atomic mass is 35.5. The van der Waals surface area contributed by atoms with Crippen molar-refractivity contribution in [1.29, 1.82) is 0 Å². The van der Waals surface area contributed by atoms with Crippen molar-refractivity contribution in [2.75, 3.05) is 13.1 Å². The lowest BCUT2D eigenvalue weighted by molar-refractivity contribution is -0.128. The molecule has 0 aliphatic heterocycles. The van der Waals surface area contributed by atoms with E-state index in [1.807, 2.05) is 6.92 Å². The van der Waals surface area contributed by atoms with Gasteiger partial charge in [-0.1, -0.05) is 36.6 Å². The van der Waals surface area contributed by atoms with Crippen molar-refractivity contribution in [1.82, 2.24) is 10.6 Å². The lowest BCUT2D eigenvalue weighted by Crippen LogP contribution is -2.53. The number of amides is 2. The Hall–Kier alpha value is -1.59. The van der Waals surface area contributed by atoms with E-state index in [0.29, 0.717) is 23.7 Å². The van der Waals surface area contributed by atoms with Gasteiger partial charge < -0.3 is 16.4 Å². The standard InChI is InChI=1S/C17H24ClN3O2/c1-17(19)9-5-4-7-13(17)16(23)21-11-10-20-15(22)12-6-2-3-8-14(12)18/h2-3,6,8,13H,4-5,7,9-11,19H2,1H3,(H,20,22)(H,21,23). The molecule has 4 N–H and O–H groups in total. The fraction of sp³-hybridized carbons (Fsp3) is 0.529. The quantitative estimate of drug-likeness (QED) is 0.719. The SMILES string of the molecule is CC1(N)CCCCC1C(=O)NCCNC(=O)c1ccccc1Cl. The van der Waals surface area contributed by atoms with Crippen LogP contribution in [0.3, 0.4) is 0 Å². The van der Waals surface area contributed by atoms with Gasteiger partial charge in [0.25, 0.3) is 5.91 Å². The first-order valence-corrected chi connectivity index (χ1v) is 8.39. The number of halogens is 1. The summed E-state index contributed by atoms with van der Waals surface area (Å²) in [4.78, 5) is 24.2. The maximum absolute atomic E-state index is 12.3. The number of hydrogen-bond acceptors (Lipinski definition) is 3. The molecule has 0 bridgehead atoms. The summed E-state index contributed by atoms with van der Waals surface area (Å²) in [6, 6.07) is 6.86. The van der Waals surface area contributed by atoms with Gasteiger partial charge >= 0.3 is 0 Å². The van der Waals surface area contributed by atoms with E-state index >= 15 is 0 Å². The molecule has 1 aromatic rings. The monoisotopic (exact) mass is 337 g/mol. The largest absolute Gasteiger partial charge is 0.354 e. The van der Waals surface area contributed by atoms with Gasteiger partial charge in [-0.25, -0.2) is 0 Å². The van der Waals surface area contributed by atoms with Crippen molar-refractivity contribution in [2.45, 2.75) is 38.1 Å². The van der Waals surface area contributed by atoms with Crippen LogP contribution in [0.25, 0.3) is 0 Å². The van der Waals surface area contributed by atoms with Gasteiger partial charge in [0.1, 0.15) is 0 Å². The second-order valence-corrected chi connectivity index (χ2v) is 6.74. The molecule has 1 aliphatic rings. The van der Waals surface area contributed by atoms with Crippen LogP contribution in [0, 0.1) is 5.92 Å². The van der Waals surface area contributed by atoms with Crippen molar-refractivity contribution in [3.63, 3.8) is 0 Å². The predicted molar refractivity (Wildman–Crippen MR) is 91.3 cm³/mol. The van der Waals surface area contributed by atoms with Crippen molar-refractivity contribution < 1.29 is 9.59 Å². The second-order valence-electron chi connectivity index (χ2n) is 6.33. The second kappa shape index (κ2) is 7.79. The molecule has 0 spiro atoms. The number of carbonyl (C=O) groups excluding carboxylic acids is 2. The van der Waals surface area contributed by atoms with Gasteiger partial charge in [-0.05, 0) is 31.9 Å². The van der Waals surface area contributed by atoms with Crippen LogP contribution < -0.4 is 16.4 Å². The molecule has 1 saturated carbocycles. The van der Waals surface area contributed by atoms with Gasteiger partial charge in [0.15, 0.2) is 0 Å². The maximum Gasteiger partial charge on any atom is 0.252 e. The summed E-state index contributed by atoms with van der Waals surface area (Å²) in [5, 5.41) is 6.02. The van der Waals surface area contributed by atoms with E-state index in [1.165, 1.54) is 0 Å². The Kier molecular flexibility index (Phi) is 6.02. The van der Waals surface area contributed by atoms with Gasteiger partial charge in [0.05, 0.1) is 16.5 Å². The van der Waals surface area contributed by atoms with E-state index in [1.54, 1.807) is 24.3 Å². The van der Waals surface area contributed by atoms with Gasteiger partial charge in [0, 0.05) is 18.6 Å². The molecule has 126 valence electrons. The number of nitrogens with one attached hydrogen (secondary N) is 2. The molecule has 0 heterocycles. The average molecular weight is 338 g/mol. The van der Waals surface area contributed by atoms with Crippen molar-refractivity contribution in [3.8, 4) is 0 Å². The van der Waals surface area contributed by atoms with Crippen LogP contribution in [-0.2, 0) is 4.79 Å². The smallest absolute Gasteiger partial charge is 0.252 e. The van der Waals surface area contributed by atoms with Gasteiger partial charge in [-0.15, -0.1) is 0 Å². The highest BCUT2D eigenvalue weighted by molar-refractivity contribution is 6.33. The Morgan fingerprint density at radius 3 is 2.65 bits per heavy atom. The van der Waals surface area contributed by atoms with E-state index in [9.17, 15) is 9.59 Å². The lowest BCUT2D eigenvalue weighted by Gasteiger charge is -2.37. The summed E-state index contributed by atoms with van der Waals surface area (Å²) in [7, 11) is 0. The molecule has 2 unspecified atom stereocenters. The summed E-state index contributed by atoms with van der Waals surface area (Å²) in [5.41, 5.74) is 6.21. The van der Waals surface area contributed by atoms with Gasteiger partial charge in [0.2, 0.25) is 5.91 Å².